The molecule has 1 N–H and O–H groups in total. The molecule has 4 nitrogen and oxygen atoms in total. The Morgan fingerprint density at radius 1 is 1.43 bits per heavy atom. The lowest BCUT2D eigenvalue weighted by Crippen LogP contribution is -2.32. The summed E-state index contributed by atoms with van der Waals surface area (Å²) >= 11 is 5.77. The lowest BCUT2D eigenvalue weighted by molar-refractivity contribution is -0.137. The zero-order chi connectivity index (χ0) is 17.2. The van der Waals surface area contributed by atoms with Gasteiger partial charge in [0.25, 0.3) is 0 Å². The molecule has 0 bridgehead atoms. The number of amides is 2. The quantitative estimate of drug-likeness (QED) is 0.909. The second-order valence-corrected chi connectivity index (χ2v) is 5.71. The van der Waals surface area contributed by atoms with Crippen molar-refractivity contribution in [2.24, 2.45) is 5.92 Å². The Balaban J connectivity index is 2.02. The van der Waals surface area contributed by atoms with Gasteiger partial charge in [-0.15, -0.1) is 0 Å². The Morgan fingerprint density at radius 2 is 2.13 bits per heavy atom. The molecule has 1 aliphatic rings. The summed E-state index contributed by atoms with van der Waals surface area (Å²) in [6, 6.07) is 3.56. The van der Waals surface area contributed by atoms with Crippen LogP contribution in [0.1, 0.15) is 24.5 Å². The van der Waals surface area contributed by atoms with Crippen LogP contribution >= 0.6 is 11.6 Å². The standard InChI is InChI=1S/C15H16ClF3N2O2/c1-2-21-8-10(6-12(21)22)14(23)20-7-9-4-3-5-11(13(9)16)15(17,18)19/h3-5,10H,2,6-8H2,1H3,(H,20,23). The lowest BCUT2D eigenvalue weighted by atomic mass is 10.1. The van der Waals surface area contributed by atoms with E-state index < -0.39 is 22.7 Å². The number of rotatable bonds is 4. The number of carbonyl (C=O) groups excluding carboxylic acids is 2. The van der Waals surface area contributed by atoms with Crippen molar-refractivity contribution in [3.8, 4) is 0 Å². The molecule has 1 atom stereocenters. The van der Waals surface area contributed by atoms with Crippen molar-refractivity contribution in [1.29, 1.82) is 0 Å². The third-order valence-electron chi connectivity index (χ3n) is 3.80. The highest BCUT2D eigenvalue weighted by Crippen LogP contribution is 2.36. The smallest absolute Gasteiger partial charge is 0.352 e. The fraction of sp³-hybridized carbons (Fsp3) is 0.467. The number of carbonyl (C=O) groups is 2. The Kier molecular flexibility index (Phi) is 5.19. The highest BCUT2D eigenvalue weighted by atomic mass is 35.5. The van der Waals surface area contributed by atoms with Gasteiger partial charge >= 0.3 is 6.18 Å². The van der Waals surface area contributed by atoms with E-state index in [9.17, 15) is 22.8 Å². The minimum atomic E-state index is -4.55. The van der Waals surface area contributed by atoms with Gasteiger partial charge in [-0.2, -0.15) is 13.2 Å². The molecule has 1 aromatic carbocycles. The van der Waals surface area contributed by atoms with Crippen LogP contribution in [0, 0.1) is 5.92 Å². The van der Waals surface area contributed by atoms with Crippen molar-refractivity contribution in [2.45, 2.75) is 26.1 Å². The predicted octanol–water partition coefficient (Wildman–Crippen LogP) is 2.84. The Hall–Kier alpha value is -1.76. The summed E-state index contributed by atoms with van der Waals surface area (Å²) in [5, 5.41) is 2.14. The molecule has 1 aromatic rings. The first kappa shape index (κ1) is 17.6. The summed E-state index contributed by atoms with van der Waals surface area (Å²) in [7, 11) is 0. The first-order valence-corrected chi connectivity index (χ1v) is 7.52. The molecule has 0 radical (unpaired) electrons. The van der Waals surface area contributed by atoms with Gasteiger partial charge in [-0.25, -0.2) is 0 Å². The van der Waals surface area contributed by atoms with Crippen molar-refractivity contribution in [2.75, 3.05) is 13.1 Å². The normalized spacial score (nSPS) is 18.4. The van der Waals surface area contributed by atoms with E-state index in [4.69, 9.17) is 11.6 Å². The topological polar surface area (TPSA) is 49.4 Å². The molecule has 1 heterocycles. The molecular weight excluding hydrogens is 333 g/mol. The zero-order valence-electron chi connectivity index (χ0n) is 12.4. The van der Waals surface area contributed by atoms with Crippen molar-refractivity contribution < 1.29 is 22.8 Å². The average Bonchev–Trinajstić information content (AvgIpc) is 2.86. The molecule has 2 rings (SSSR count). The van der Waals surface area contributed by atoms with Crippen molar-refractivity contribution in [3.05, 3.63) is 34.3 Å². The molecule has 1 aliphatic heterocycles. The van der Waals surface area contributed by atoms with Crippen LogP contribution in [0.15, 0.2) is 18.2 Å². The van der Waals surface area contributed by atoms with Gasteiger partial charge in [-0.05, 0) is 18.6 Å². The number of likely N-dealkylation sites (tertiary alicyclic amines) is 1. The Labute approximate surface area is 136 Å². The highest BCUT2D eigenvalue weighted by Gasteiger charge is 2.35. The van der Waals surface area contributed by atoms with Crippen LogP contribution in [0.4, 0.5) is 13.2 Å². The SMILES string of the molecule is CCN1CC(C(=O)NCc2cccc(C(F)(F)F)c2Cl)CC1=O. The summed E-state index contributed by atoms with van der Waals surface area (Å²) in [6.45, 7) is 2.57. The van der Waals surface area contributed by atoms with Gasteiger partial charge in [0.2, 0.25) is 11.8 Å². The van der Waals surface area contributed by atoms with Crippen LogP contribution in [-0.2, 0) is 22.3 Å². The van der Waals surface area contributed by atoms with Gasteiger partial charge in [0.15, 0.2) is 0 Å². The molecule has 1 saturated heterocycles. The molecule has 8 heteroatoms. The second-order valence-electron chi connectivity index (χ2n) is 5.33. The average molecular weight is 349 g/mol. The molecule has 0 aliphatic carbocycles. The third kappa shape index (κ3) is 3.96. The van der Waals surface area contributed by atoms with Crippen molar-refractivity contribution >= 4 is 23.4 Å². The van der Waals surface area contributed by atoms with Gasteiger partial charge < -0.3 is 10.2 Å². The molecular formula is C15H16ClF3N2O2. The third-order valence-corrected chi connectivity index (χ3v) is 4.25. The molecule has 0 aromatic heterocycles. The largest absolute Gasteiger partial charge is 0.417 e. The van der Waals surface area contributed by atoms with Gasteiger partial charge in [0.05, 0.1) is 16.5 Å². The molecule has 1 unspecified atom stereocenters. The number of hydrogen-bond donors (Lipinski definition) is 1. The van der Waals surface area contributed by atoms with E-state index >= 15 is 0 Å². The fourth-order valence-electron chi connectivity index (χ4n) is 2.52. The molecule has 23 heavy (non-hydrogen) atoms. The van der Waals surface area contributed by atoms with E-state index in [-0.39, 0.29) is 30.3 Å². The summed E-state index contributed by atoms with van der Waals surface area (Å²) in [4.78, 5) is 25.2. The van der Waals surface area contributed by atoms with Crippen LogP contribution in [0.5, 0.6) is 0 Å². The summed E-state index contributed by atoms with van der Waals surface area (Å²) in [5.74, 6) is -0.931. The maximum atomic E-state index is 12.8. The number of hydrogen-bond acceptors (Lipinski definition) is 2. The summed E-state index contributed by atoms with van der Waals surface area (Å²) in [6.07, 6.45) is -4.42. The minimum absolute atomic E-state index is 0.0928. The second kappa shape index (κ2) is 6.78. The van der Waals surface area contributed by atoms with Crippen LogP contribution < -0.4 is 5.32 Å². The van der Waals surface area contributed by atoms with E-state index in [2.05, 4.69) is 5.32 Å². The fourth-order valence-corrected chi connectivity index (χ4v) is 2.82. The number of benzene rings is 1. The molecule has 2 amide bonds. The van der Waals surface area contributed by atoms with Crippen LogP contribution in [-0.4, -0.2) is 29.8 Å². The van der Waals surface area contributed by atoms with Gasteiger partial charge in [-0.1, -0.05) is 23.7 Å². The molecule has 0 saturated carbocycles. The number of halogens is 4. The molecule has 1 fully saturated rings. The minimum Gasteiger partial charge on any atom is -0.352 e. The lowest BCUT2D eigenvalue weighted by Gasteiger charge is -2.15. The van der Waals surface area contributed by atoms with Crippen molar-refractivity contribution in [1.82, 2.24) is 10.2 Å². The van der Waals surface area contributed by atoms with Gasteiger partial charge in [0.1, 0.15) is 0 Å². The number of alkyl halides is 3. The van der Waals surface area contributed by atoms with Crippen LogP contribution in [0.25, 0.3) is 0 Å². The predicted molar refractivity (Wildman–Crippen MR) is 78.7 cm³/mol. The molecule has 126 valence electrons. The number of nitrogens with zero attached hydrogens (tertiary/aromatic N) is 1. The highest BCUT2D eigenvalue weighted by molar-refractivity contribution is 6.32. The van der Waals surface area contributed by atoms with E-state index in [0.717, 1.165) is 6.07 Å². The van der Waals surface area contributed by atoms with Crippen molar-refractivity contribution in [3.63, 3.8) is 0 Å². The van der Waals surface area contributed by atoms with E-state index in [0.29, 0.717) is 13.1 Å². The maximum Gasteiger partial charge on any atom is 0.417 e. The molecule has 0 spiro atoms. The number of nitrogens with one attached hydrogen (secondary N) is 1. The Bertz CT molecular complexity index is 619. The van der Waals surface area contributed by atoms with Gasteiger partial charge in [0, 0.05) is 26.1 Å². The van der Waals surface area contributed by atoms with E-state index in [1.54, 1.807) is 4.90 Å². The first-order chi connectivity index (χ1) is 10.7. The van der Waals surface area contributed by atoms with E-state index in [1.807, 2.05) is 6.92 Å². The van der Waals surface area contributed by atoms with Crippen LogP contribution in [0.3, 0.4) is 0 Å². The maximum absolute atomic E-state index is 12.8. The zero-order valence-corrected chi connectivity index (χ0v) is 13.2. The van der Waals surface area contributed by atoms with Crippen LogP contribution in [0.2, 0.25) is 5.02 Å². The van der Waals surface area contributed by atoms with Gasteiger partial charge in [-0.3, -0.25) is 9.59 Å². The summed E-state index contributed by atoms with van der Waals surface area (Å²) in [5.41, 5.74) is -0.745. The summed E-state index contributed by atoms with van der Waals surface area (Å²) < 4.78 is 38.4. The Morgan fingerprint density at radius 3 is 2.70 bits per heavy atom. The monoisotopic (exact) mass is 348 g/mol. The first-order valence-electron chi connectivity index (χ1n) is 7.14. The van der Waals surface area contributed by atoms with E-state index in [1.165, 1.54) is 12.1 Å².